The molecule has 0 bridgehead atoms. The van der Waals surface area contributed by atoms with Crippen LogP contribution in [0.3, 0.4) is 0 Å². The highest BCUT2D eigenvalue weighted by Gasteiger charge is 2.21. The van der Waals surface area contributed by atoms with Crippen LogP contribution in [0.5, 0.6) is 0 Å². The molecular weight excluding hydrogens is 483 g/mol. The van der Waals surface area contributed by atoms with Gasteiger partial charge >= 0.3 is 0 Å². The van der Waals surface area contributed by atoms with Crippen molar-refractivity contribution in [3.8, 4) is 0 Å². The Morgan fingerprint density at radius 2 is 1.93 bits per heavy atom. The summed E-state index contributed by atoms with van der Waals surface area (Å²) in [7, 11) is 1.68. The van der Waals surface area contributed by atoms with Crippen molar-refractivity contribution in [2.45, 2.75) is 39.2 Å². The minimum absolute atomic E-state index is 0. The summed E-state index contributed by atoms with van der Waals surface area (Å²) < 4.78 is 10.4. The third kappa shape index (κ3) is 9.77. The van der Waals surface area contributed by atoms with Crippen molar-refractivity contribution >= 4 is 41.5 Å². The number of carbonyl (C=O) groups excluding carboxylic acids is 1. The topological polar surface area (TPSA) is 75.2 Å². The lowest BCUT2D eigenvalue weighted by Gasteiger charge is -2.16. The Balaban J connectivity index is 0.00000420. The molecule has 1 saturated heterocycles. The molecule has 7 nitrogen and oxygen atoms in total. The van der Waals surface area contributed by atoms with Crippen molar-refractivity contribution in [2.24, 2.45) is 4.99 Å². The van der Waals surface area contributed by atoms with Crippen molar-refractivity contribution in [1.29, 1.82) is 0 Å². The molecule has 1 fully saturated rings. The number of amides is 1. The largest absolute Gasteiger partial charge is 0.382 e. The summed E-state index contributed by atoms with van der Waals surface area (Å²) in [5.74, 6) is 1.04. The molecule has 1 aliphatic rings. The Hall–Kier alpha value is -1.39. The van der Waals surface area contributed by atoms with Crippen molar-refractivity contribution in [3.05, 3.63) is 29.8 Å². The van der Waals surface area contributed by atoms with Gasteiger partial charge < -0.3 is 25.0 Å². The molecule has 8 heteroatoms. The first-order valence-electron chi connectivity index (χ1n) is 10.2. The first kappa shape index (κ1) is 25.6. The summed E-state index contributed by atoms with van der Waals surface area (Å²) in [6.45, 7) is 7.21. The predicted molar refractivity (Wildman–Crippen MR) is 128 cm³/mol. The van der Waals surface area contributed by atoms with E-state index in [0.29, 0.717) is 26.2 Å². The Labute approximate surface area is 191 Å². The van der Waals surface area contributed by atoms with Crippen molar-refractivity contribution in [2.75, 3.05) is 51.5 Å². The lowest BCUT2D eigenvalue weighted by Crippen LogP contribution is -2.37. The van der Waals surface area contributed by atoms with E-state index in [4.69, 9.17) is 9.47 Å². The summed E-state index contributed by atoms with van der Waals surface area (Å²) in [4.78, 5) is 18.3. The summed E-state index contributed by atoms with van der Waals surface area (Å²) in [6.07, 6.45) is 3.63. The van der Waals surface area contributed by atoms with Crippen LogP contribution >= 0.6 is 24.0 Å². The van der Waals surface area contributed by atoms with E-state index in [1.807, 2.05) is 29.2 Å². The van der Waals surface area contributed by atoms with Crippen LogP contribution in [0.4, 0.5) is 5.69 Å². The molecule has 1 aromatic carbocycles. The van der Waals surface area contributed by atoms with Gasteiger partial charge in [0.05, 0.1) is 19.8 Å². The quantitative estimate of drug-likeness (QED) is 0.193. The minimum atomic E-state index is 0. The summed E-state index contributed by atoms with van der Waals surface area (Å²) in [6, 6.07) is 8.12. The molecule has 2 N–H and O–H groups in total. The fourth-order valence-electron chi connectivity index (χ4n) is 2.99. The normalized spacial score (nSPS) is 14.1. The van der Waals surface area contributed by atoms with E-state index in [-0.39, 0.29) is 29.9 Å². The molecule has 0 atom stereocenters. The van der Waals surface area contributed by atoms with Crippen LogP contribution in [0.25, 0.3) is 0 Å². The molecular formula is C21H35IN4O3. The van der Waals surface area contributed by atoms with Gasteiger partial charge in [0.2, 0.25) is 5.91 Å². The predicted octanol–water partition coefficient (Wildman–Crippen LogP) is 2.93. The van der Waals surface area contributed by atoms with Gasteiger partial charge in [0, 0.05) is 45.5 Å². The number of rotatable bonds is 12. The molecule has 0 spiro atoms. The highest BCUT2D eigenvalue weighted by molar-refractivity contribution is 14.0. The average molecular weight is 518 g/mol. The van der Waals surface area contributed by atoms with Crippen LogP contribution in [0.1, 0.15) is 38.2 Å². The molecule has 2 rings (SSSR count). The lowest BCUT2D eigenvalue weighted by atomic mass is 10.2. The first-order chi connectivity index (χ1) is 13.7. The zero-order valence-electron chi connectivity index (χ0n) is 17.6. The van der Waals surface area contributed by atoms with E-state index in [0.717, 1.165) is 62.7 Å². The van der Waals surface area contributed by atoms with Gasteiger partial charge in [-0.2, -0.15) is 0 Å². The highest BCUT2D eigenvalue weighted by atomic mass is 127. The number of guanidine groups is 1. The second kappa shape index (κ2) is 15.4. The van der Waals surface area contributed by atoms with E-state index >= 15 is 0 Å². The first-order valence-corrected chi connectivity index (χ1v) is 10.2. The van der Waals surface area contributed by atoms with Gasteiger partial charge in [-0.15, -0.1) is 24.0 Å². The number of unbranched alkanes of at least 4 members (excludes halogenated alkanes) is 1. The number of carbonyl (C=O) groups is 1. The zero-order valence-corrected chi connectivity index (χ0v) is 19.9. The Morgan fingerprint density at radius 1 is 1.14 bits per heavy atom. The maximum Gasteiger partial charge on any atom is 0.227 e. The van der Waals surface area contributed by atoms with E-state index in [2.05, 4.69) is 22.5 Å². The smallest absolute Gasteiger partial charge is 0.227 e. The third-order valence-corrected chi connectivity index (χ3v) is 4.53. The van der Waals surface area contributed by atoms with Crippen LogP contribution in [-0.2, 0) is 20.8 Å². The fourth-order valence-corrected chi connectivity index (χ4v) is 2.99. The SMILES string of the molecule is CCNC(=NCc1ccc(N2CCCC2=O)cc1)NCCCCOCCOC.I. The maximum absolute atomic E-state index is 11.8. The maximum atomic E-state index is 11.8. The monoisotopic (exact) mass is 518 g/mol. The number of hydrogen-bond donors (Lipinski definition) is 2. The number of hydrogen-bond acceptors (Lipinski definition) is 4. The van der Waals surface area contributed by atoms with Crippen LogP contribution in [0.15, 0.2) is 29.3 Å². The van der Waals surface area contributed by atoms with Gasteiger partial charge in [0.25, 0.3) is 0 Å². The molecule has 0 aromatic heterocycles. The van der Waals surface area contributed by atoms with E-state index < -0.39 is 0 Å². The Morgan fingerprint density at radius 3 is 2.59 bits per heavy atom. The molecule has 29 heavy (non-hydrogen) atoms. The summed E-state index contributed by atoms with van der Waals surface area (Å²) >= 11 is 0. The average Bonchev–Trinajstić information content (AvgIpc) is 3.14. The molecule has 1 amide bonds. The van der Waals surface area contributed by atoms with Gasteiger partial charge in [-0.3, -0.25) is 4.79 Å². The van der Waals surface area contributed by atoms with Gasteiger partial charge in [0.15, 0.2) is 5.96 Å². The van der Waals surface area contributed by atoms with Crippen molar-refractivity contribution in [3.63, 3.8) is 0 Å². The highest BCUT2D eigenvalue weighted by Crippen LogP contribution is 2.21. The summed E-state index contributed by atoms with van der Waals surface area (Å²) in [5.41, 5.74) is 2.10. The summed E-state index contributed by atoms with van der Waals surface area (Å²) in [5, 5.41) is 6.63. The molecule has 164 valence electrons. The second-order valence-electron chi connectivity index (χ2n) is 6.75. The third-order valence-electron chi connectivity index (χ3n) is 4.53. The lowest BCUT2D eigenvalue weighted by molar-refractivity contribution is -0.117. The Bertz CT molecular complexity index is 610. The molecule has 1 heterocycles. The standard InChI is InChI=1S/C21H34N4O3.HI/c1-3-22-21(23-12-4-5-14-28-16-15-27-2)24-17-18-8-10-19(11-9-18)25-13-6-7-20(25)26;/h8-11H,3-7,12-17H2,1-2H3,(H2,22,23,24);1H. The van der Waals surface area contributed by atoms with Gasteiger partial charge in [-0.1, -0.05) is 12.1 Å². The molecule has 0 unspecified atom stereocenters. The number of nitrogens with zero attached hydrogens (tertiary/aromatic N) is 2. The number of ether oxygens (including phenoxy) is 2. The van der Waals surface area contributed by atoms with Crippen LogP contribution < -0.4 is 15.5 Å². The van der Waals surface area contributed by atoms with E-state index in [1.54, 1.807) is 7.11 Å². The van der Waals surface area contributed by atoms with Gasteiger partial charge in [-0.05, 0) is 43.9 Å². The van der Waals surface area contributed by atoms with Crippen molar-refractivity contribution in [1.82, 2.24) is 10.6 Å². The van der Waals surface area contributed by atoms with E-state index in [9.17, 15) is 4.79 Å². The zero-order chi connectivity index (χ0) is 20.0. The van der Waals surface area contributed by atoms with Crippen LogP contribution in [-0.4, -0.2) is 58.4 Å². The molecule has 0 radical (unpaired) electrons. The number of nitrogens with one attached hydrogen (secondary N) is 2. The number of anilines is 1. The van der Waals surface area contributed by atoms with E-state index in [1.165, 1.54) is 0 Å². The number of aliphatic imine (C=N–C) groups is 1. The molecule has 0 aliphatic carbocycles. The number of benzene rings is 1. The minimum Gasteiger partial charge on any atom is -0.382 e. The van der Waals surface area contributed by atoms with Gasteiger partial charge in [-0.25, -0.2) is 4.99 Å². The second-order valence-corrected chi connectivity index (χ2v) is 6.75. The molecule has 0 saturated carbocycles. The molecule has 1 aromatic rings. The fraction of sp³-hybridized carbons (Fsp3) is 0.619. The number of methoxy groups -OCH3 is 1. The van der Waals surface area contributed by atoms with Crippen molar-refractivity contribution < 1.29 is 14.3 Å². The van der Waals surface area contributed by atoms with Crippen LogP contribution in [0, 0.1) is 0 Å². The Kier molecular flexibility index (Phi) is 13.7. The van der Waals surface area contributed by atoms with Gasteiger partial charge in [0.1, 0.15) is 0 Å². The van der Waals surface area contributed by atoms with Crippen LogP contribution in [0.2, 0.25) is 0 Å². The number of halogens is 1. The molecule has 1 aliphatic heterocycles.